The van der Waals surface area contributed by atoms with Gasteiger partial charge >= 0.3 is 0 Å². The summed E-state index contributed by atoms with van der Waals surface area (Å²) in [5, 5.41) is 9.16. The monoisotopic (exact) mass is 336 g/mol. The molecule has 0 saturated carbocycles. The molecule has 120 valence electrons. The van der Waals surface area contributed by atoms with E-state index in [1.165, 1.54) is 0 Å². The van der Waals surface area contributed by atoms with E-state index >= 15 is 0 Å². The van der Waals surface area contributed by atoms with Crippen LogP contribution in [0.4, 0.5) is 0 Å². The highest BCUT2D eigenvalue weighted by atomic mass is 32.1. The summed E-state index contributed by atoms with van der Waals surface area (Å²) in [6.45, 7) is 0.518. The molecule has 4 rings (SSSR count). The number of nitrogens with zero attached hydrogens (tertiary/aromatic N) is 3. The Hall–Kier alpha value is -2.73. The van der Waals surface area contributed by atoms with Crippen LogP contribution in [0.1, 0.15) is 10.7 Å². The molecule has 0 spiro atoms. The third-order valence-electron chi connectivity index (χ3n) is 4.00. The number of para-hydroxylation sites is 2. The van der Waals surface area contributed by atoms with Gasteiger partial charge in [-0.25, -0.2) is 4.98 Å². The second-order valence-electron chi connectivity index (χ2n) is 5.72. The number of hydrogen-bond acceptors (Lipinski definition) is 4. The van der Waals surface area contributed by atoms with Crippen LogP contribution < -0.4 is 0 Å². The molecule has 4 aromatic rings. The first-order valence-electron chi connectivity index (χ1n) is 7.71. The van der Waals surface area contributed by atoms with Crippen LogP contribution in [-0.4, -0.2) is 33.0 Å². The standard InChI is InChI=1S/C18H16N4OS/c1-22(11-17-19-14-8-4-5-9-16(14)24-17)18(23)10-15-12-6-2-3-7-13(12)20-21-15/h2-9H,10-11H2,1H3,(H,20,21). The van der Waals surface area contributed by atoms with Gasteiger partial charge in [0.2, 0.25) is 5.91 Å². The highest BCUT2D eigenvalue weighted by molar-refractivity contribution is 7.18. The summed E-state index contributed by atoms with van der Waals surface area (Å²) in [5.41, 5.74) is 2.72. The Morgan fingerprint density at radius 3 is 2.71 bits per heavy atom. The number of amides is 1. The average molecular weight is 336 g/mol. The van der Waals surface area contributed by atoms with Crippen molar-refractivity contribution in [1.82, 2.24) is 20.1 Å². The number of nitrogens with one attached hydrogen (secondary N) is 1. The van der Waals surface area contributed by atoms with E-state index in [0.717, 1.165) is 31.8 Å². The lowest BCUT2D eigenvalue weighted by Crippen LogP contribution is -2.27. The molecule has 5 nitrogen and oxygen atoms in total. The Morgan fingerprint density at radius 1 is 1.12 bits per heavy atom. The van der Waals surface area contributed by atoms with Crippen molar-refractivity contribution in [3.05, 3.63) is 59.2 Å². The molecular formula is C18H16N4OS. The zero-order chi connectivity index (χ0) is 16.5. The molecule has 2 aromatic heterocycles. The normalized spacial score (nSPS) is 11.2. The number of aromatic nitrogens is 3. The number of thiazole rings is 1. The molecule has 0 atom stereocenters. The molecule has 0 fully saturated rings. The number of carbonyl (C=O) groups excluding carboxylic acids is 1. The van der Waals surface area contributed by atoms with Gasteiger partial charge < -0.3 is 4.90 Å². The molecule has 6 heteroatoms. The predicted molar refractivity (Wildman–Crippen MR) is 95.9 cm³/mol. The predicted octanol–water partition coefficient (Wildman–Crippen LogP) is 3.37. The number of H-pyrrole nitrogens is 1. The minimum atomic E-state index is 0.0451. The maximum Gasteiger partial charge on any atom is 0.228 e. The lowest BCUT2D eigenvalue weighted by molar-refractivity contribution is -0.129. The van der Waals surface area contributed by atoms with Crippen molar-refractivity contribution in [1.29, 1.82) is 0 Å². The highest BCUT2D eigenvalue weighted by Gasteiger charge is 2.15. The number of benzene rings is 2. The number of rotatable bonds is 4. The number of likely N-dealkylation sites (N-methyl/N-ethyl adjacent to an activating group) is 1. The Kier molecular flexibility index (Phi) is 3.74. The minimum Gasteiger partial charge on any atom is -0.339 e. The van der Waals surface area contributed by atoms with Gasteiger partial charge in [-0.1, -0.05) is 30.3 Å². The van der Waals surface area contributed by atoms with Crippen molar-refractivity contribution < 1.29 is 4.79 Å². The molecule has 0 aliphatic carbocycles. The average Bonchev–Trinajstić information content (AvgIpc) is 3.18. The van der Waals surface area contributed by atoms with Crippen molar-refractivity contribution in [2.75, 3.05) is 7.05 Å². The van der Waals surface area contributed by atoms with Gasteiger partial charge in [-0.2, -0.15) is 5.10 Å². The van der Waals surface area contributed by atoms with Crippen LogP contribution in [0.3, 0.4) is 0 Å². The molecule has 1 N–H and O–H groups in total. The summed E-state index contributed by atoms with van der Waals surface area (Å²) < 4.78 is 1.15. The van der Waals surface area contributed by atoms with Crippen LogP contribution in [0, 0.1) is 0 Å². The van der Waals surface area contributed by atoms with E-state index in [4.69, 9.17) is 0 Å². The third kappa shape index (κ3) is 2.76. The Morgan fingerprint density at radius 2 is 1.88 bits per heavy atom. The molecule has 0 aliphatic rings. The van der Waals surface area contributed by atoms with Crippen molar-refractivity contribution in [2.24, 2.45) is 0 Å². The van der Waals surface area contributed by atoms with Crippen LogP contribution >= 0.6 is 11.3 Å². The zero-order valence-corrected chi connectivity index (χ0v) is 14.0. The smallest absolute Gasteiger partial charge is 0.228 e. The summed E-state index contributed by atoms with van der Waals surface area (Å²) >= 11 is 1.63. The lowest BCUT2D eigenvalue weighted by Gasteiger charge is -2.15. The van der Waals surface area contributed by atoms with E-state index < -0.39 is 0 Å². The first-order chi connectivity index (χ1) is 11.7. The lowest BCUT2D eigenvalue weighted by atomic mass is 10.1. The molecule has 1 amide bonds. The molecule has 24 heavy (non-hydrogen) atoms. The number of carbonyl (C=O) groups is 1. The highest BCUT2D eigenvalue weighted by Crippen LogP contribution is 2.23. The van der Waals surface area contributed by atoms with Crippen LogP contribution in [-0.2, 0) is 17.8 Å². The quantitative estimate of drug-likeness (QED) is 0.621. The van der Waals surface area contributed by atoms with Crippen LogP contribution in [0.5, 0.6) is 0 Å². The molecule has 2 aromatic carbocycles. The number of hydrogen-bond donors (Lipinski definition) is 1. The minimum absolute atomic E-state index is 0.0451. The topological polar surface area (TPSA) is 61.9 Å². The summed E-state index contributed by atoms with van der Waals surface area (Å²) in [4.78, 5) is 18.8. The number of fused-ring (bicyclic) bond motifs is 2. The Balaban J connectivity index is 1.49. The van der Waals surface area contributed by atoms with Crippen molar-refractivity contribution >= 4 is 38.4 Å². The van der Waals surface area contributed by atoms with Crippen molar-refractivity contribution in [3.8, 4) is 0 Å². The van der Waals surface area contributed by atoms with Gasteiger partial charge in [-0.3, -0.25) is 9.89 Å². The second kappa shape index (κ2) is 6.05. The maximum absolute atomic E-state index is 12.5. The second-order valence-corrected chi connectivity index (χ2v) is 6.84. The van der Waals surface area contributed by atoms with Gasteiger partial charge in [-0.15, -0.1) is 11.3 Å². The molecule has 0 unspecified atom stereocenters. The fraction of sp³-hybridized carbons (Fsp3) is 0.167. The zero-order valence-electron chi connectivity index (χ0n) is 13.2. The molecule has 0 aliphatic heterocycles. The van der Waals surface area contributed by atoms with Crippen LogP contribution in [0.2, 0.25) is 0 Å². The van der Waals surface area contributed by atoms with Gasteiger partial charge in [0, 0.05) is 12.4 Å². The largest absolute Gasteiger partial charge is 0.339 e. The van der Waals surface area contributed by atoms with E-state index in [2.05, 4.69) is 21.2 Å². The van der Waals surface area contributed by atoms with Crippen LogP contribution in [0.25, 0.3) is 21.1 Å². The first kappa shape index (κ1) is 14.8. The van der Waals surface area contributed by atoms with E-state index in [1.807, 2.05) is 49.5 Å². The molecule has 0 radical (unpaired) electrons. The van der Waals surface area contributed by atoms with Crippen molar-refractivity contribution in [2.45, 2.75) is 13.0 Å². The Labute approximate surface area is 142 Å². The first-order valence-corrected chi connectivity index (χ1v) is 8.53. The van der Waals surface area contributed by atoms with E-state index in [0.29, 0.717) is 13.0 Å². The van der Waals surface area contributed by atoms with E-state index in [1.54, 1.807) is 16.2 Å². The SMILES string of the molecule is CN(Cc1nc2ccccc2s1)C(=O)Cc1[nH]nc2ccccc12. The molecule has 0 bridgehead atoms. The molecular weight excluding hydrogens is 320 g/mol. The van der Waals surface area contributed by atoms with Gasteiger partial charge in [0.15, 0.2) is 0 Å². The third-order valence-corrected chi connectivity index (χ3v) is 5.03. The molecule has 0 saturated heterocycles. The van der Waals surface area contributed by atoms with E-state index in [-0.39, 0.29) is 5.91 Å². The van der Waals surface area contributed by atoms with Gasteiger partial charge in [0.1, 0.15) is 5.01 Å². The van der Waals surface area contributed by atoms with Crippen molar-refractivity contribution in [3.63, 3.8) is 0 Å². The fourth-order valence-electron chi connectivity index (χ4n) is 2.71. The molecule has 2 heterocycles. The van der Waals surface area contributed by atoms with Gasteiger partial charge in [0.05, 0.1) is 34.4 Å². The van der Waals surface area contributed by atoms with E-state index in [9.17, 15) is 4.79 Å². The number of aromatic amines is 1. The summed E-state index contributed by atoms with van der Waals surface area (Å²) in [7, 11) is 1.81. The summed E-state index contributed by atoms with van der Waals surface area (Å²) in [6, 6.07) is 15.8. The van der Waals surface area contributed by atoms with Crippen LogP contribution in [0.15, 0.2) is 48.5 Å². The summed E-state index contributed by atoms with van der Waals surface area (Å²) in [6.07, 6.45) is 0.307. The maximum atomic E-state index is 12.5. The Bertz CT molecular complexity index is 987. The van der Waals surface area contributed by atoms with Gasteiger partial charge in [-0.05, 0) is 18.2 Å². The fourth-order valence-corrected chi connectivity index (χ4v) is 3.73. The summed E-state index contributed by atoms with van der Waals surface area (Å²) in [5.74, 6) is 0.0451. The van der Waals surface area contributed by atoms with Gasteiger partial charge in [0.25, 0.3) is 0 Å².